The van der Waals surface area contributed by atoms with E-state index in [0.717, 1.165) is 25.8 Å². The molecule has 3 aliphatic heterocycles. The van der Waals surface area contributed by atoms with Crippen LogP contribution in [-0.4, -0.2) is 92.0 Å². The normalized spacial score (nSPS) is 22.9. The summed E-state index contributed by atoms with van der Waals surface area (Å²) in [5, 5.41) is 12.7. The van der Waals surface area contributed by atoms with Gasteiger partial charge in [0, 0.05) is 49.5 Å². The molecule has 3 aliphatic rings. The third-order valence-corrected chi connectivity index (χ3v) is 19.2. The monoisotopic (exact) mass is 802 g/mol. The van der Waals surface area contributed by atoms with Gasteiger partial charge in [-0.25, -0.2) is 13.2 Å². The Bertz CT molecular complexity index is 2180. The number of halogens is 3. The first kappa shape index (κ1) is 41.3. The molecular formula is C45H57F3N4O4Si. The van der Waals surface area contributed by atoms with E-state index in [1.807, 2.05) is 4.90 Å². The summed E-state index contributed by atoms with van der Waals surface area (Å²) in [7, 11) is -0.762. The highest BCUT2D eigenvalue weighted by Gasteiger charge is 2.49. The number of benzene rings is 3. The van der Waals surface area contributed by atoms with E-state index in [0.29, 0.717) is 82.4 Å². The standard InChI is InChI=1S/C45H57F3N4O4Si/c1-28(2)57(29(3)4,30(5)6)20-15-35-38(47)14-11-31-21-33(56-27-54-8)22-37(39(31)35)34-12-13-36-41(40(34)48)49-43(50-42(36)51-18-9-16-44(7,53)25-51)55-26-45-17-10-19-52(45)24-32(46)23-45/h11-14,21-22,28-30,32,53H,9-10,16-19,23-27H2,1-8H3/t32-,44-,45+/m1/s1. The lowest BCUT2D eigenvalue weighted by molar-refractivity contribution is 0.0447. The number of β-amino-alcohol motifs (C(OH)–C–C–N with tert-alkyl or cyclic N) is 1. The van der Waals surface area contributed by atoms with E-state index >= 15 is 8.78 Å². The number of rotatable bonds is 11. The molecule has 3 fully saturated rings. The number of fused-ring (bicyclic) bond motifs is 3. The molecule has 306 valence electrons. The lowest BCUT2D eigenvalue weighted by atomic mass is 9.92. The van der Waals surface area contributed by atoms with Crippen molar-refractivity contribution in [1.29, 1.82) is 0 Å². The van der Waals surface area contributed by atoms with E-state index < -0.39 is 37.0 Å². The average molecular weight is 803 g/mol. The SMILES string of the molecule is COCOc1cc(-c2ccc3c(N4CCC[C@@](C)(O)C4)nc(OC[C@@]45CCCN4C[C@H](F)C5)nc3c2F)c2c(C#C[Si](C(C)C)(C(C)C)C(C)C)c(F)ccc2c1. The van der Waals surface area contributed by atoms with Crippen molar-refractivity contribution in [2.45, 2.75) is 115 Å². The van der Waals surface area contributed by atoms with Gasteiger partial charge in [0.05, 0.1) is 16.7 Å². The highest BCUT2D eigenvalue weighted by atomic mass is 28.3. The highest BCUT2D eigenvalue weighted by Crippen LogP contribution is 2.44. The molecule has 0 aliphatic carbocycles. The topological polar surface area (TPSA) is 80.2 Å². The number of aliphatic hydroxyl groups is 1. The van der Waals surface area contributed by atoms with Gasteiger partial charge in [-0.2, -0.15) is 9.97 Å². The van der Waals surface area contributed by atoms with Gasteiger partial charge in [-0.15, -0.1) is 5.54 Å². The molecule has 8 nitrogen and oxygen atoms in total. The zero-order chi connectivity index (χ0) is 40.9. The second-order valence-electron chi connectivity index (χ2n) is 17.7. The number of aromatic nitrogens is 2. The summed E-state index contributed by atoms with van der Waals surface area (Å²) in [4.78, 5) is 13.7. The summed E-state index contributed by atoms with van der Waals surface area (Å²) in [6, 6.07) is 10.0. The number of methoxy groups -OCH3 is 1. The Labute approximate surface area is 336 Å². The second kappa shape index (κ2) is 16.0. The molecule has 0 radical (unpaired) electrons. The van der Waals surface area contributed by atoms with Crippen LogP contribution >= 0.6 is 0 Å². The molecule has 0 bridgehead atoms. The number of hydrogen-bond acceptors (Lipinski definition) is 8. The Balaban J connectivity index is 1.43. The Morgan fingerprint density at radius 1 is 0.947 bits per heavy atom. The van der Waals surface area contributed by atoms with Gasteiger partial charge < -0.3 is 24.2 Å². The summed E-state index contributed by atoms with van der Waals surface area (Å²) in [6.45, 7) is 17.3. The zero-order valence-corrected chi connectivity index (χ0v) is 35.6. The summed E-state index contributed by atoms with van der Waals surface area (Å²) >= 11 is 0. The molecule has 0 amide bonds. The first-order valence-electron chi connectivity index (χ1n) is 20.5. The van der Waals surface area contributed by atoms with Crippen molar-refractivity contribution in [1.82, 2.24) is 14.9 Å². The van der Waals surface area contributed by atoms with E-state index in [4.69, 9.17) is 24.2 Å². The maximum atomic E-state index is 17.6. The van der Waals surface area contributed by atoms with Crippen molar-refractivity contribution in [2.24, 2.45) is 0 Å². The van der Waals surface area contributed by atoms with Gasteiger partial charge in [0.25, 0.3) is 0 Å². The van der Waals surface area contributed by atoms with Crippen LogP contribution in [0.3, 0.4) is 0 Å². The first-order chi connectivity index (χ1) is 27.1. The van der Waals surface area contributed by atoms with E-state index in [2.05, 4.69) is 57.9 Å². The molecule has 4 aromatic rings. The van der Waals surface area contributed by atoms with Gasteiger partial charge in [-0.3, -0.25) is 4.90 Å². The fraction of sp³-hybridized carbons (Fsp3) is 0.556. The molecule has 3 atom stereocenters. The van der Waals surface area contributed by atoms with Crippen LogP contribution in [0.1, 0.15) is 86.1 Å². The number of nitrogens with zero attached hydrogens (tertiary/aromatic N) is 4. The maximum Gasteiger partial charge on any atom is 0.319 e. The van der Waals surface area contributed by atoms with Crippen LogP contribution in [0, 0.1) is 23.1 Å². The molecule has 1 aromatic heterocycles. The minimum Gasteiger partial charge on any atom is -0.468 e. The smallest absolute Gasteiger partial charge is 0.319 e. The number of alkyl halides is 1. The molecular weight excluding hydrogens is 746 g/mol. The third kappa shape index (κ3) is 7.73. The van der Waals surface area contributed by atoms with E-state index in [1.54, 1.807) is 37.3 Å². The Morgan fingerprint density at radius 2 is 1.68 bits per heavy atom. The average Bonchev–Trinajstić information content (AvgIpc) is 3.68. The van der Waals surface area contributed by atoms with Gasteiger partial charge in [0.2, 0.25) is 0 Å². The van der Waals surface area contributed by atoms with Crippen LogP contribution in [0.5, 0.6) is 11.8 Å². The summed E-state index contributed by atoms with van der Waals surface area (Å²) < 4.78 is 66.0. The summed E-state index contributed by atoms with van der Waals surface area (Å²) in [5.74, 6) is 3.10. The van der Waals surface area contributed by atoms with Crippen molar-refractivity contribution in [3.05, 3.63) is 53.6 Å². The first-order valence-corrected chi connectivity index (χ1v) is 22.7. The van der Waals surface area contributed by atoms with Crippen LogP contribution in [0.4, 0.5) is 19.0 Å². The quantitative estimate of drug-likeness (QED) is 0.0913. The molecule has 0 spiro atoms. The molecule has 12 heteroatoms. The lowest BCUT2D eigenvalue weighted by Gasteiger charge is -2.38. The van der Waals surface area contributed by atoms with Crippen LogP contribution in [0.15, 0.2) is 36.4 Å². The van der Waals surface area contributed by atoms with E-state index in [9.17, 15) is 9.50 Å². The van der Waals surface area contributed by atoms with Gasteiger partial charge in [0.15, 0.2) is 12.6 Å². The Hall–Kier alpha value is -3.89. The van der Waals surface area contributed by atoms with Gasteiger partial charge in [-0.1, -0.05) is 59.6 Å². The molecule has 57 heavy (non-hydrogen) atoms. The van der Waals surface area contributed by atoms with Crippen LogP contribution in [0.2, 0.25) is 16.6 Å². The van der Waals surface area contributed by atoms with Crippen molar-refractivity contribution in [2.75, 3.05) is 51.6 Å². The van der Waals surface area contributed by atoms with Crippen LogP contribution in [0.25, 0.3) is 32.8 Å². The minimum atomic E-state index is -2.28. The van der Waals surface area contributed by atoms with Crippen molar-refractivity contribution >= 4 is 35.6 Å². The number of hydrogen-bond donors (Lipinski definition) is 1. The lowest BCUT2D eigenvalue weighted by Crippen LogP contribution is -2.46. The molecule has 1 N–H and O–H groups in total. The van der Waals surface area contributed by atoms with Crippen molar-refractivity contribution in [3.8, 4) is 34.4 Å². The molecule has 3 aromatic carbocycles. The largest absolute Gasteiger partial charge is 0.468 e. The van der Waals surface area contributed by atoms with Crippen molar-refractivity contribution < 1.29 is 32.5 Å². The summed E-state index contributed by atoms with van der Waals surface area (Å²) in [5.41, 5.74) is 4.05. The van der Waals surface area contributed by atoms with Crippen LogP contribution < -0.4 is 14.4 Å². The van der Waals surface area contributed by atoms with Gasteiger partial charge >= 0.3 is 6.01 Å². The number of piperidine rings is 1. The fourth-order valence-electron chi connectivity index (χ4n) is 10.2. The Kier molecular flexibility index (Phi) is 11.6. The molecule has 7 rings (SSSR count). The maximum absolute atomic E-state index is 17.6. The van der Waals surface area contributed by atoms with E-state index in [1.165, 1.54) is 13.2 Å². The predicted octanol–water partition coefficient (Wildman–Crippen LogP) is 9.59. The minimum absolute atomic E-state index is 0.0145. The zero-order valence-electron chi connectivity index (χ0n) is 34.6. The number of ether oxygens (including phenoxy) is 3. The molecule has 4 heterocycles. The van der Waals surface area contributed by atoms with Crippen molar-refractivity contribution in [3.63, 3.8) is 0 Å². The second-order valence-corrected chi connectivity index (χ2v) is 23.3. The number of anilines is 1. The van der Waals surface area contributed by atoms with Gasteiger partial charge in [0.1, 0.15) is 43.8 Å². The molecule has 0 saturated carbocycles. The highest BCUT2D eigenvalue weighted by molar-refractivity contribution is 6.90. The molecule has 0 unspecified atom stereocenters. The summed E-state index contributed by atoms with van der Waals surface area (Å²) in [6.07, 6.45) is 2.53. The molecule has 3 saturated heterocycles. The third-order valence-electron chi connectivity index (χ3n) is 12.9. The predicted molar refractivity (Wildman–Crippen MR) is 223 cm³/mol. The van der Waals surface area contributed by atoms with Crippen LogP contribution in [-0.2, 0) is 4.74 Å². The van der Waals surface area contributed by atoms with E-state index in [-0.39, 0.29) is 36.1 Å². The Morgan fingerprint density at radius 3 is 2.39 bits per heavy atom. The fourth-order valence-corrected chi connectivity index (χ4v) is 15.5. The van der Waals surface area contributed by atoms with Gasteiger partial charge in [-0.05, 0) is 91.0 Å².